The zero-order valence-electron chi connectivity index (χ0n) is 15.6. The van der Waals surface area contributed by atoms with Gasteiger partial charge in [-0.1, -0.05) is 31.5 Å². The number of carbonyl (C=O) groups excluding carboxylic acids is 1. The van der Waals surface area contributed by atoms with E-state index < -0.39 is 0 Å². The van der Waals surface area contributed by atoms with Gasteiger partial charge in [-0.15, -0.1) is 11.3 Å². The predicted octanol–water partition coefficient (Wildman–Crippen LogP) is 5.03. The van der Waals surface area contributed by atoms with Gasteiger partial charge in [0.15, 0.2) is 16.6 Å². The Morgan fingerprint density at radius 3 is 2.48 bits per heavy atom. The fourth-order valence-corrected chi connectivity index (χ4v) is 3.85. The van der Waals surface area contributed by atoms with Crippen LogP contribution < -0.4 is 14.8 Å². The first-order valence-corrected chi connectivity index (χ1v) is 9.56. The Morgan fingerprint density at radius 1 is 1.07 bits per heavy atom. The van der Waals surface area contributed by atoms with Gasteiger partial charge in [-0.05, 0) is 36.8 Å². The van der Waals surface area contributed by atoms with Crippen molar-refractivity contribution in [2.24, 2.45) is 0 Å². The van der Waals surface area contributed by atoms with E-state index in [-0.39, 0.29) is 5.91 Å². The largest absolute Gasteiger partial charge is 0.493 e. The van der Waals surface area contributed by atoms with Crippen LogP contribution >= 0.6 is 11.3 Å². The molecule has 0 saturated carbocycles. The maximum Gasteiger partial charge on any atom is 0.257 e. The summed E-state index contributed by atoms with van der Waals surface area (Å²) >= 11 is 1.51. The van der Waals surface area contributed by atoms with Crippen LogP contribution in [0.1, 0.15) is 28.6 Å². The Kier molecular flexibility index (Phi) is 6.08. The minimum Gasteiger partial charge on any atom is -0.493 e. The van der Waals surface area contributed by atoms with Crippen molar-refractivity contribution in [2.45, 2.75) is 19.8 Å². The molecule has 0 atom stereocenters. The van der Waals surface area contributed by atoms with E-state index in [4.69, 9.17) is 9.47 Å². The molecule has 0 spiro atoms. The number of aryl methyl sites for hydroxylation is 1. The molecule has 0 radical (unpaired) electrons. The smallest absolute Gasteiger partial charge is 0.257 e. The summed E-state index contributed by atoms with van der Waals surface area (Å²) in [5, 5.41) is 3.51. The molecule has 0 aliphatic rings. The van der Waals surface area contributed by atoms with E-state index in [1.54, 1.807) is 26.4 Å². The molecule has 1 heterocycles. The number of nitrogens with zero attached hydrogens (tertiary/aromatic N) is 1. The average Bonchev–Trinajstić information content (AvgIpc) is 3.10. The quantitative estimate of drug-likeness (QED) is 0.622. The van der Waals surface area contributed by atoms with Gasteiger partial charge in [0.2, 0.25) is 0 Å². The molecule has 0 unspecified atom stereocenters. The third-order valence-electron chi connectivity index (χ3n) is 4.09. The highest BCUT2D eigenvalue weighted by Crippen LogP contribution is 2.37. The van der Waals surface area contributed by atoms with E-state index in [9.17, 15) is 4.79 Å². The number of amides is 1. The molecule has 3 rings (SSSR count). The fourth-order valence-electron chi connectivity index (χ4n) is 2.77. The van der Waals surface area contributed by atoms with E-state index in [0.29, 0.717) is 22.2 Å². The van der Waals surface area contributed by atoms with E-state index in [0.717, 1.165) is 29.0 Å². The fraction of sp³-hybridized carbons (Fsp3) is 0.238. The second-order valence-corrected chi connectivity index (χ2v) is 7.01. The third-order valence-corrected chi connectivity index (χ3v) is 5.12. The number of thiazole rings is 1. The van der Waals surface area contributed by atoms with E-state index in [1.807, 2.05) is 36.4 Å². The first kappa shape index (κ1) is 18.9. The van der Waals surface area contributed by atoms with Gasteiger partial charge in [0.25, 0.3) is 5.91 Å². The van der Waals surface area contributed by atoms with E-state index in [1.165, 1.54) is 11.3 Å². The summed E-state index contributed by atoms with van der Waals surface area (Å²) in [6, 6.07) is 14.9. The Labute approximate surface area is 163 Å². The van der Waals surface area contributed by atoms with Crippen LogP contribution in [-0.4, -0.2) is 25.1 Å². The minimum atomic E-state index is -0.161. The van der Waals surface area contributed by atoms with Crippen molar-refractivity contribution < 1.29 is 14.3 Å². The molecular formula is C21H22N2O3S. The zero-order chi connectivity index (χ0) is 19.2. The predicted molar refractivity (Wildman–Crippen MR) is 109 cm³/mol. The van der Waals surface area contributed by atoms with Crippen molar-refractivity contribution in [1.82, 2.24) is 4.98 Å². The van der Waals surface area contributed by atoms with Crippen LogP contribution in [0.4, 0.5) is 5.13 Å². The zero-order valence-corrected chi connectivity index (χ0v) is 16.4. The number of carbonyl (C=O) groups is 1. The molecule has 0 aliphatic carbocycles. The Hall–Kier alpha value is -2.86. The van der Waals surface area contributed by atoms with Crippen LogP contribution in [0.2, 0.25) is 0 Å². The molecule has 6 heteroatoms. The summed E-state index contributed by atoms with van der Waals surface area (Å²) in [6.07, 6.45) is 1.89. The number of ether oxygens (including phenoxy) is 2. The molecule has 0 aliphatic heterocycles. The molecule has 1 aromatic heterocycles. The molecule has 0 fully saturated rings. The number of anilines is 1. The molecular weight excluding hydrogens is 360 g/mol. The van der Waals surface area contributed by atoms with Crippen molar-refractivity contribution >= 4 is 22.4 Å². The molecule has 0 saturated heterocycles. The minimum absolute atomic E-state index is 0.161. The number of methoxy groups -OCH3 is 2. The highest BCUT2D eigenvalue weighted by molar-refractivity contribution is 7.16. The maximum absolute atomic E-state index is 12.4. The van der Waals surface area contributed by atoms with Gasteiger partial charge in [0.1, 0.15) is 0 Å². The van der Waals surface area contributed by atoms with Gasteiger partial charge in [-0.25, -0.2) is 4.98 Å². The van der Waals surface area contributed by atoms with Crippen molar-refractivity contribution in [1.29, 1.82) is 0 Å². The van der Waals surface area contributed by atoms with Crippen LogP contribution in [0, 0.1) is 0 Å². The summed E-state index contributed by atoms with van der Waals surface area (Å²) in [6.45, 7) is 2.13. The average molecular weight is 382 g/mol. The number of benzene rings is 2. The lowest BCUT2D eigenvalue weighted by molar-refractivity contribution is 0.102. The lowest BCUT2D eigenvalue weighted by Crippen LogP contribution is -2.11. The standard InChI is InChI=1S/C21H22N2O3S/c1-4-8-18-19(15-11-12-16(25-2)17(13-15)26-3)22-21(27-18)23-20(24)14-9-6-5-7-10-14/h5-7,9-13H,4,8H2,1-3H3,(H,22,23,24). The normalized spacial score (nSPS) is 10.5. The monoisotopic (exact) mass is 382 g/mol. The second-order valence-electron chi connectivity index (χ2n) is 5.93. The summed E-state index contributed by atoms with van der Waals surface area (Å²) in [4.78, 5) is 18.3. The van der Waals surface area contributed by atoms with Gasteiger partial charge >= 0.3 is 0 Å². The van der Waals surface area contributed by atoms with Gasteiger partial charge in [0.05, 0.1) is 19.9 Å². The number of aromatic nitrogens is 1. The van der Waals surface area contributed by atoms with Gasteiger partial charge < -0.3 is 9.47 Å². The molecule has 5 nitrogen and oxygen atoms in total. The third kappa shape index (κ3) is 4.28. The van der Waals surface area contributed by atoms with Crippen LogP contribution in [-0.2, 0) is 6.42 Å². The molecule has 0 bridgehead atoms. The number of rotatable bonds is 7. The van der Waals surface area contributed by atoms with Crippen molar-refractivity contribution in [2.75, 3.05) is 19.5 Å². The molecule has 140 valence electrons. The maximum atomic E-state index is 12.4. The van der Waals surface area contributed by atoms with Gasteiger partial charge in [0, 0.05) is 16.0 Å². The van der Waals surface area contributed by atoms with Crippen LogP contribution in [0.15, 0.2) is 48.5 Å². The summed E-state index contributed by atoms with van der Waals surface area (Å²) in [5.41, 5.74) is 2.41. The van der Waals surface area contributed by atoms with Crippen molar-refractivity contribution in [3.63, 3.8) is 0 Å². The van der Waals surface area contributed by atoms with Crippen molar-refractivity contribution in [3.8, 4) is 22.8 Å². The Balaban J connectivity index is 1.93. The SMILES string of the molecule is CCCc1sc(NC(=O)c2ccccc2)nc1-c1ccc(OC)c(OC)c1. The van der Waals surface area contributed by atoms with Gasteiger partial charge in [-0.2, -0.15) is 0 Å². The first-order valence-electron chi connectivity index (χ1n) is 8.74. The second kappa shape index (κ2) is 8.68. The molecule has 1 N–H and O–H groups in total. The van der Waals surface area contributed by atoms with Crippen LogP contribution in [0.3, 0.4) is 0 Å². The summed E-state index contributed by atoms with van der Waals surface area (Å²) in [5.74, 6) is 1.16. The highest BCUT2D eigenvalue weighted by Gasteiger charge is 2.17. The lowest BCUT2D eigenvalue weighted by Gasteiger charge is -2.09. The topological polar surface area (TPSA) is 60.5 Å². The summed E-state index contributed by atoms with van der Waals surface area (Å²) < 4.78 is 10.7. The number of nitrogens with one attached hydrogen (secondary N) is 1. The van der Waals surface area contributed by atoms with Crippen LogP contribution in [0.5, 0.6) is 11.5 Å². The molecule has 3 aromatic rings. The lowest BCUT2D eigenvalue weighted by atomic mass is 10.1. The molecule has 27 heavy (non-hydrogen) atoms. The number of hydrogen-bond acceptors (Lipinski definition) is 5. The molecule has 1 amide bonds. The first-order chi connectivity index (χ1) is 13.2. The Bertz CT molecular complexity index is 922. The summed E-state index contributed by atoms with van der Waals surface area (Å²) in [7, 11) is 3.22. The van der Waals surface area contributed by atoms with Gasteiger partial charge in [-0.3, -0.25) is 10.1 Å². The van der Waals surface area contributed by atoms with E-state index in [2.05, 4.69) is 17.2 Å². The van der Waals surface area contributed by atoms with E-state index >= 15 is 0 Å². The van der Waals surface area contributed by atoms with Crippen molar-refractivity contribution in [3.05, 3.63) is 59.0 Å². The number of hydrogen-bond donors (Lipinski definition) is 1. The van der Waals surface area contributed by atoms with Crippen LogP contribution in [0.25, 0.3) is 11.3 Å². The molecule has 2 aromatic carbocycles. The highest BCUT2D eigenvalue weighted by atomic mass is 32.1. The Morgan fingerprint density at radius 2 is 1.81 bits per heavy atom.